The summed E-state index contributed by atoms with van der Waals surface area (Å²) in [6, 6.07) is 8.07. The number of ether oxygens (including phenoxy) is 1. The normalized spacial score (nSPS) is 21.0. The zero-order valence-corrected chi connectivity index (χ0v) is 18.4. The van der Waals surface area contributed by atoms with Gasteiger partial charge in [0.25, 0.3) is 5.91 Å². The standard InChI is InChI=1S/C22H25F3N2O3.ClH/c1-26(2)12-15-13-27(21(28)17-10-19(24)20(25)11-18(17)23)8-7-22(15,29)14-5-4-6-16(9-14)30-3;/h4-6,9-11,15,29H,7-8,12-13H2,1-3H3;1H. The van der Waals surface area contributed by atoms with Crippen LogP contribution in [0.3, 0.4) is 0 Å². The quantitative estimate of drug-likeness (QED) is 0.697. The van der Waals surface area contributed by atoms with Gasteiger partial charge in [0.15, 0.2) is 11.6 Å². The zero-order chi connectivity index (χ0) is 22.1. The molecule has 2 atom stereocenters. The third-order valence-corrected chi connectivity index (χ3v) is 5.56. The molecule has 2 unspecified atom stereocenters. The Hall–Kier alpha value is -2.29. The highest BCUT2D eigenvalue weighted by Gasteiger charge is 2.44. The average molecular weight is 459 g/mol. The molecule has 1 heterocycles. The first kappa shape index (κ1) is 25.0. The highest BCUT2D eigenvalue weighted by Crippen LogP contribution is 2.39. The van der Waals surface area contributed by atoms with E-state index in [2.05, 4.69) is 0 Å². The molecule has 1 N–H and O–H groups in total. The van der Waals surface area contributed by atoms with E-state index in [0.717, 1.165) is 0 Å². The summed E-state index contributed by atoms with van der Waals surface area (Å²) in [7, 11) is 5.24. The van der Waals surface area contributed by atoms with Crippen LogP contribution in [0.25, 0.3) is 0 Å². The zero-order valence-electron chi connectivity index (χ0n) is 17.6. The van der Waals surface area contributed by atoms with E-state index in [1.807, 2.05) is 19.0 Å². The molecule has 0 saturated carbocycles. The number of piperidine rings is 1. The van der Waals surface area contributed by atoms with Crippen LogP contribution in [0.2, 0.25) is 0 Å². The summed E-state index contributed by atoms with van der Waals surface area (Å²) < 4.78 is 46.2. The van der Waals surface area contributed by atoms with Crippen LogP contribution in [0.4, 0.5) is 13.2 Å². The number of nitrogens with zero attached hydrogens (tertiary/aromatic N) is 2. The SMILES string of the molecule is COc1cccc(C2(O)CCN(C(=O)c3cc(F)c(F)cc3F)CC2CN(C)C)c1.Cl. The Labute approximate surface area is 185 Å². The summed E-state index contributed by atoms with van der Waals surface area (Å²) in [6.45, 7) is 0.718. The Morgan fingerprint density at radius 3 is 2.52 bits per heavy atom. The summed E-state index contributed by atoms with van der Waals surface area (Å²) in [6.07, 6.45) is 0.204. The largest absolute Gasteiger partial charge is 0.497 e. The fourth-order valence-electron chi connectivity index (χ4n) is 3.98. The lowest BCUT2D eigenvalue weighted by atomic mass is 9.75. The van der Waals surface area contributed by atoms with Crippen molar-refractivity contribution in [3.05, 3.63) is 65.0 Å². The Balaban J connectivity index is 0.00000341. The van der Waals surface area contributed by atoms with Crippen molar-refractivity contribution in [1.29, 1.82) is 0 Å². The number of carbonyl (C=O) groups excluding carboxylic acids is 1. The number of amides is 1. The molecule has 0 aliphatic carbocycles. The van der Waals surface area contributed by atoms with Gasteiger partial charge in [0.2, 0.25) is 0 Å². The van der Waals surface area contributed by atoms with Crippen LogP contribution >= 0.6 is 12.4 Å². The van der Waals surface area contributed by atoms with E-state index in [9.17, 15) is 23.1 Å². The summed E-state index contributed by atoms with van der Waals surface area (Å²) in [4.78, 5) is 16.1. The molecule has 1 aliphatic heterocycles. The maximum Gasteiger partial charge on any atom is 0.256 e. The van der Waals surface area contributed by atoms with Gasteiger partial charge in [-0.1, -0.05) is 12.1 Å². The summed E-state index contributed by atoms with van der Waals surface area (Å²) in [5.74, 6) is -4.27. The first-order valence-electron chi connectivity index (χ1n) is 9.61. The molecule has 1 amide bonds. The van der Waals surface area contributed by atoms with Crippen LogP contribution in [0, 0.1) is 23.4 Å². The Bertz CT molecular complexity index is 944. The second-order valence-corrected chi connectivity index (χ2v) is 7.86. The molecule has 2 aromatic rings. The van der Waals surface area contributed by atoms with E-state index >= 15 is 0 Å². The topological polar surface area (TPSA) is 53.0 Å². The molecule has 0 bridgehead atoms. The van der Waals surface area contributed by atoms with Crippen molar-refractivity contribution in [3.8, 4) is 5.75 Å². The minimum absolute atomic E-state index is 0. The third-order valence-electron chi connectivity index (χ3n) is 5.56. The van der Waals surface area contributed by atoms with Gasteiger partial charge in [-0.25, -0.2) is 13.2 Å². The number of methoxy groups -OCH3 is 1. The van der Waals surface area contributed by atoms with Crippen LogP contribution < -0.4 is 4.74 Å². The lowest BCUT2D eigenvalue weighted by Crippen LogP contribution is -2.54. The van der Waals surface area contributed by atoms with E-state index in [0.29, 0.717) is 30.0 Å². The molecule has 0 spiro atoms. The molecule has 2 aromatic carbocycles. The number of benzene rings is 2. The fraction of sp³-hybridized carbons (Fsp3) is 0.409. The summed E-state index contributed by atoms with van der Waals surface area (Å²) in [5, 5.41) is 11.6. The van der Waals surface area contributed by atoms with E-state index in [1.165, 1.54) is 12.0 Å². The van der Waals surface area contributed by atoms with Crippen LogP contribution in [-0.2, 0) is 5.60 Å². The Kier molecular flexibility index (Phi) is 7.97. The van der Waals surface area contributed by atoms with Gasteiger partial charge in [-0.05, 0) is 44.3 Å². The van der Waals surface area contributed by atoms with Crippen molar-refractivity contribution in [2.45, 2.75) is 12.0 Å². The molecule has 1 fully saturated rings. The molecule has 0 aromatic heterocycles. The molecule has 31 heavy (non-hydrogen) atoms. The number of aliphatic hydroxyl groups is 1. The van der Waals surface area contributed by atoms with Gasteiger partial charge in [0, 0.05) is 31.6 Å². The number of rotatable bonds is 5. The average Bonchev–Trinajstić information content (AvgIpc) is 2.71. The third kappa shape index (κ3) is 5.14. The van der Waals surface area contributed by atoms with Crippen molar-refractivity contribution in [2.24, 2.45) is 5.92 Å². The van der Waals surface area contributed by atoms with Crippen molar-refractivity contribution < 1.29 is 27.8 Å². The van der Waals surface area contributed by atoms with Gasteiger partial charge in [-0.15, -0.1) is 12.4 Å². The second-order valence-electron chi connectivity index (χ2n) is 7.86. The van der Waals surface area contributed by atoms with Crippen molar-refractivity contribution in [2.75, 3.05) is 40.8 Å². The minimum atomic E-state index is -1.35. The van der Waals surface area contributed by atoms with Crippen LogP contribution in [0.1, 0.15) is 22.3 Å². The van der Waals surface area contributed by atoms with Gasteiger partial charge in [0.05, 0.1) is 18.3 Å². The second kappa shape index (κ2) is 9.89. The Morgan fingerprint density at radius 1 is 1.19 bits per heavy atom. The van der Waals surface area contributed by atoms with Crippen molar-refractivity contribution in [1.82, 2.24) is 9.80 Å². The Morgan fingerprint density at radius 2 is 1.87 bits per heavy atom. The van der Waals surface area contributed by atoms with Gasteiger partial charge < -0.3 is 19.6 Å². The molecule has 5 nitrogen and oxygen atoms in total. The highest BCUT2D eigenvalue weighted by molar-refractivity contribution is 5.94. The number of halogens is 4. The van der Waals surface area contributed by atoms with E-state index in [1.54, 1.807) is 24.3 Å². The summed E-state index contributed by atoms with van der Waals surface area (Å²) >= 11 is 0. The lowest BCUT2D eigenvalue weighted by molar-refractivity contribution is -0.0778. The monoisotopic (exact) mass is 458 g/mol. The summed E-state index contributed by atoms with van der Waals surface area (Å²) in [5.41, 5.74) is -1.09. The van der Waals surface area contributed by atoms with Crippen molar-refractivity contribution in [3.63, 3.8) is 0 Å². The highest BCUT2D eigenvalue weighted by atomic mass is 35.5. The van der Waals surface area contributed by atoms with Gasteiger partial charge in [-0.3, -0.25) is 4.79 Å². The predicted octanol–water partition coefficient (Wildman–Crippen LogP) is 3.45. The van der Waals surface area contributed by atoms with Gasteiger partial charge >= 0.3 is 0 Å². The minimum Gasteiger partial charge on any atom is -0.497 e. The lowest BCUT2D eigenvalue weighted by Gasteiger charge is -2.46. The maximum absolute atomic E-state index is 14.1. The van der Waals surface area contributed by atoms with Crippen LogP contribution in [0.5, 0.6) is 5.75 Å². The van der Waals surface area contributed by atoms with E-state index < -0.39 is 40.4 Å². The molecule has 1 aliphatic rings. The molecule has 1 saturated heterocycles. The maximum atomic E-state index is 14.1. The van der Waals surface area contributed by atoms with E-state index in [4.69, 9.17) is 4.74 Å². The van der Waals surface area contributed by atoms with Crippen LogP contribution in [-0.4, -0.2) is 61.7 Å². The van der Waals surface area contributed by atoms with Crippen molar-refractivity contribution >= 4 is 18.3 Å². The first-order valence-corrected chi connectivity index (χ1v) is 9.61. The molecule has 0 radical (unpaired) electrons. The van der Waals surface area contributed by atoms with Gasteiger partial charge in [-0.2, -0.15) is 0 Å². The molecular formula is C22H26ClF3N2O3. The number of likely N-dealkylation sites (tertiary alicyclic amines) is 1. The number of carbonyl (C=O) groups is 1. The first-order chi connectivity index (χ1) is 14.2. The fourth-order valence-corrected chi connectivity index (χ4v) is 3.98. The van der Waals surface area contributed by atoms with E-state index in [-0.39, 0.29) is 31.9 Å². The van der Waals surface area contributed by atoms with Gasteiger partial charge in [0.1, 0.15) is 11.6 Å². The number of hydrogen-bond acceptors (Lipinski definition) is 4. The van der Waals surface area contributed by atoms with Crippen LogP contribution in [0.15, 0.2) is 36.4 Å². The predicted molar refractivity (Wildman–Crippen MR) is 113 cm³/mol. The number of hydrogen-bond donors (Lipinski definition) is 1. The molecule has 9 heteroatoms. The molecule has 170 valence electrons. The molecule has 3 rings (SSSR count). The molecular weight excluding hydrogens is 433 g/mol. The smallest absolute Gasteiger partial charge is 0.256 e.